The van der Waals surface area contributed by atoms with Crippen molar-refractivity contribution in [2.24, 2.45) is 0 Å². The van der Waals surface area contributed by atoms with Crippen LogP contribution >= 0.6 is 11.8 Å². The van der Waals surface area contributed by atoms with Crippen LogP contribution in [0.3, 0.4) is 0 Å². The Labute approximate surface area is 142 Å². The maximum absolute atomic E-state index is 12.1. The van der Waals surface area contributed by atoms with E-state index in [9.17, 15) is 22.8 Å². The first-order chi connectivity index (χ1) is 11.8. The van der Waals surface area contributed by atoms with E-state index in [1.165, 1.54) is 12.1 Å². The zero-order chi connectivity index (χ0) is 18.0. The van der Waals surface area contributed by atoms with Crippen molar-refractivity contribution in [3.63, 3.8) is 0 Å². The van der Waals surface area contributed by atoms with Crippen LogP contribution in [0.4, 0.5) is 13.2 Å². The zero-order valence-corrected chi connectivity index (χ0v) is 13.2. The van der Waals surface area contributed by atoms with E-state index in [4.69, 9.17) is 0 Å². The van der Waals surface area contributed by atoms with Gasteiger partial charge in [-0.3, -0.25) is 9.59 Å². The van der Waals surface area contributed by atoms with Crippen LogP contribution in [0.5, 0.6) is 5.75 Å². The lowest BCUT2D eigenvalue weighted by atomic mass is 10.2. The number of tetrazole rings is 1. The van der Waals surface area contributed by atoms with Gasteiger partial charge in [0.2, 0.25) is 5.12 Å². The number of halogens is 3. The van der Waals surface area contributed by atoms with E-state index in [0.29, 0.717) is 12.2 Å². The first kappa shape index (κ1) is 17.2. The van der Waals surface area contributed by atoms with Gasteiger partial charge in [-0.2, -0.15) is 0 Å². The Hall–Kier alpha value is -2.63. The third-order valence-electron chi connectivity index (χ3n) is 3.16. The van der Waals surface area contributed by atoms with E-state index < -0.39 is 24.1 Å². The molecule has 2 heterocycles. The Morgan fingerprint density at radius 1 is 1.32 bits per heavy atom. The first-order valence-corrected chi connectivity index (χ1v) is 7.94. The quantitative estimate of drug-likeness (QED) is 0.863. The lowest BCUT2D eigenvalue weighted by Crippen LogP contribution is -2.37. The minimum atomic E-state index is -4.78. The van der Waals surface area contributed by atoms with Gasteiger partial charge in [-0.1, -0.05) is 11.8 Å². The highest BCUT2D eigenvalue weighted by Gasteiger charge is 2.31. The largest absolute Gasteiger partial charge is 0.573 e. The molecule has 1 atom stereocenters. The number of hydrogen-bond acceptors (Lipinski definition) is 7. The molecule has 0 aliphatic carbocycles. The van der Waals surface area contributed by atoms with E-state index in [1.807, 2.05) is 0 Å². The van der Waals surface area contributed by atoms with Crippen molar-refractivity contribution in [2.45, 2.75) is 18.8 Å². The standard InChI is InChI=1S/C13H10F3N5O3S/c14-13(15,16)24-8-3-1-7(2-4-8)21-19-10(18-20-21)11(22)17-9-5-6-25-12(9)23/h1-4,9H,5-6H2,(H,17,22). The summed E-state index contributed by atoms with van der Waals surface area (Å²) in [7, 11) is 0. The molecule has 8 nitrogen and oxygen atoms in total. The number of alkyl halides is 3. The fraction of sp³-hybridized carbons (Fsp3) is 0.308. The molecule has 0 spiro atoms. The molecule has 25 heavy (non-hydrogen) atoms. The van der Waals surface area contributed by atoms with E-state index >= 15 is 0 Å². The summed E-state index contributed by atoms with van der Waals surface area (Å²) < 4.78 is 40.1. The maximum atomic E-state index is 12.1. The molecule has 132 valence electrons. The minimum absolute atomic E-state index is 0.124. The fourth-order valence-electron chi connectivity index (χ4n) is 2.05. The van der Waals surface area contributed by atoms with Crippen LogP contribution in [0.1, 0.15) is 17.0 Å². The predicted molar refractivity (Wildman–Crippen MR) is 79.2 cm³/mol. The van der Waals surface area contributed by atoms with Crippen molar-refractivity contribution >= 4 is 22.8 Å². The monoisotopic (exact) mass is 373 g/mol. The summed E-state index contributed by atoms with van der Waals surface area (Å²) in [6, 6.07) is 4.15. The topological polar surface area (TPSA) is 99.0 Å². The second-order valence-corrected chi connectivity index (χ2v) is 6.03. The Kier molecular flexibility index (Phi) is 4.61. The lowest BCUT2D eigenvalue weighted by Gasteiger charge is -2.08. The lowest BCUT2D eigenvalue weighted by molar-refractivity contribution is -0.274. The Balaban J connectivity index is 1.68. The number of rotatable bonds is 4. The number of aromatic nitrogens is 4. The van der Waals surface area contributed by atoms with Crippen molar-refractivity contribution in [3.8, 4) is 11.4 Å². The molecule has 3 rings (SSSR count). The van der Waals surface area contributed by atoms with Gasteiger partial charge in [-0.05, 0) is 35.9 Å². The van der Waals surface area contributed by atoms with Gasteiger partial charge in [0.1, 0.15) is 5.75 Å². The van der Waals surface area contributed by atoms with Crippen molar-refractivity contribution in [3.05, 3.63) is 30.1 Å². The molecule has 1 aliphatic rings. The van der Waals surface area contributed by atoms with Crippen molar-refractivity contribution in [1.29, 1.82) is 0 Å². The van der Waals surface area contributed by atoms with E-state index in [-0.39, 0.29) is 16.6 Å². The number of nitrogens with zero attached hydrogens (tertiary/aromatic N) is 4. The number of benzene rings is 1. The van der Waals surface area contributed by atoms with Crippen LogP contribution in [0.2, 0.25) is 0 Å². The van der Waals surface area contributed by atoms with Gasteiger partial charge >= 0.3 is 6.36 Å². The molecule has 1 unspecified atom stereocenters. The molecule has 1 aromatic heterocycles. The molecule has 0 bridgehead atoms. The van der Waals surface area contributed by atoms with Gasteiger partial charge in [0.15, 0.2) is 0 Å². The normalized spacial score (nSPS) is 17.6. The smallest absolute Gasteiger partial charge is 0.406 e. The fourth-order valence-corrected chi connectivity index (χ4v) is 2.98. The highest BCUT2D eigenvalue weighted by Crippen LogP contribution is 2.23. The molecule has 1 aromatic carbocycles. The third-order valence-corrected chi connectivity index (χ3v) is 4.17. The van der Waals surface area contributed by atoms with Crippen molar-refractivity contribution in [2.75, 3.05) is 5.75 Å². The number of thioether (sulfide) groups is 1. The maximum Gasteiger partial charge on any atom is 0.573 e. The van der Waals surface area contributed by atoms with Gasteiger partial charge in [-0.25, -0.2) is 0 Å². The summed E-state index contributed by atoms with van der Waals surface area (Å²) in [4.78, 5) is 24.5. The zero-order valence-electron chi connectivity index (χ0n) is 12.4. The summed E-state index contributed by atoms with van der Waals surface area (Å²) in [5.74, 6) is -0.660. The van der Waals surface area contributed by atoms with Crippen LogP contribution in [-0.2, 0) is 4.79 Å². The van der Waals surface area contributed by atoms with Crippen LogP contribution in [0.15, 0.2) is 24.3 Å². The number of hydrogen-bond donors (Lipinski definition) is 1. The molecule has 2 aromatic rings. The number of carbonyl (C=O) groups is 2. The van der Waals surface area contributed by atoms with E-state index in [1.54, 1.807) is 0 Å². The third kappa shape index (κ3) is 4.26. The second kappa shape index (κ2) is 6.70. The van der Waals surface area contributed by atoms with Crippen LogP contribution in [0, 0.1) is 0 Å². The molecule has 1 N–H and O–H groups in total. The molecule has 1 aliphatic heterocycles. The number of nitrogens with one attached hydrogen (secondary N) is 1. The highest BCUT2D eigenvalue weighted by atomic mass is 32.2. The highest BCUT2D eigenvalue weighted by molar-refractivity contribution is 8.14. The average molecular weight is 373 g/mol. The molecule has 0 radical (unpaired) electrons. The molecule has 1 amide bonds. The first-order valence-electron chi connectivity index (χ1n) is 6.95. The summed E-state index contributed by atoms with van der Waals surface area (Å²) in [6.07, 6.45) is -4.25. The van der Waals surface area contributed by atoms with Crippen molar-refractivity contribution in [1.82, 2.24) is 25.5 Å². The molecular formula is C13H10F3N5O3S. The van der Waals surface area contributed by atoms with Gasteiger partial charge < -0.3 is 10.1 Å². The predicted octanol–water partition coefficient (Wildman–Crippen LogP) is 1.32. The molecule has 12 heteroatoms. The SMILES string of the molecule is O=C(NC1CCSC1=O)c1nnn(-c2ccc(OC(F)(F)F)cc2)n1. The second-order valence-electron chi connectivity index (χ2n) is 4.93. The Morgan fingerprint density at radius 2 is 2.04 bits per heavy atom. The van der Waals surface area contributed by atoms with E-state index in [0.717, 1.165) is 28.7 Å². The Bertz CT molecular complexity index is 793. The van der Waals surface area contributed by atoms with Crippen LogP contribution in [0.25, 0.3) is 5.69 Å². The van der Waals surface area contributed by atoms with Gasteiger partial charge in [0, 0.05) is 5.75 Å². The van der Waals surface area contributed by atoms with Crippen LogP contribution < -0.4 is 10.1 Å². The molecule has 1 fully saturated rings. The van der Waals surface area contributed by atoms with Gasteiger partial charge in [0.05, 0.1) is 11.7 Å². The van der Waals surface area contributed by atoms with Crippen LogP contribution in [-0.4, -0.2) is 49.4 Å². The molecule has 0 saturated carbocycles. The molecular weight excluding hydrogens is 363 g/mol. The Morgan fingerprint density at radius 3 is 2.64 bits per heavy atom. The number of carbonyl (C=O) groups excluding carboxylic acids is 2. The summed E-state index contributed by atoms with van der Waals surface area (Å²) in [5.41, 5.74) is 0.286. The summed E-state index contributed by atoms with van der Waals surface area (Å²) in [5, 5.41) is 13.5. The summed E-state index contributed by atoms with van der Waals surface area (Å²) in [6.45, 7) is 0. The van der Waals surface area contributed by atoms with E-state index in [2.05, 4.69) is 25.5 Å². The number of ether oxygens (including phenoxy) is 1. The van der Waals surface area contributed by atoms with Gasteiger partial charge in [-0.15, -0.1) is 28.2 Å². The molecule has 1 saturated heterocycles. The average Bonchev–Trinajstić information content (AvgIpc) is 3.16. The number of amides is 1. The van der Waals surface area contributed by atoms with Crippen molar-refractivity contribution < 1.29 is 27.5 Å². The van der Waals surface area contributed by atoms with Gasteiger partial charge in [0.25, 0.3) is 11.7 Å². The summed E-state index contributed by atoms with van der Waals surface area (Å²) >= 11 is 1.14. The minimum Gasteiger partial charge on any atom is -0.406 e.